The third kappa shape index (κ3) is 3.02. The molecule has 0 bridgehead atoms. The van der Waals surface area contributed by atoms with Gasteiger partial charge in [-0.25, -0.2) is 14.2 Å². The summed E-state index contributed by atoms with van der Waals surface area (Å²) >= 11 is 2.17. The number of rotatable bonds is 2. The van der Waals surface area contributed by atoms with Gasteiger partial charge < -0.3 is 4.74 Å². The van der Waals surface area contributed by atoms with Crippen LogP contribution in [0.25, 0.3) is 6.08 Å². The van der Waals surface area contributed by atoms with Gasteiger partial charge in [0.15, 0.2) is 5.70 Å². The summed E-state index contributed by atoms with van der Waals surface area (Å²) in [6, 6.07) is 13.6. The van der Waals surface area contributed by atoms with Crippen molar-refractivity contribution in [2.45, 2.75) is 0 Å². The van der Waals surface area contributed by atoms with E-state index in [2.05, 4.69) is 27.6 Å². The number of esters is 1. The topological polar surface area (TPSA) is 38.7 Å². The zero-order chi connectivity index (χ0) is 14.8. The van der Waals surface area contributed by atoms with Crippen molar-refractivity contribution in [2.24, 2.45) is 4.99 Å². The van der Waals surface area contributed by atoms with Crippen LogP contribution in [0.2, 0.25) is 0 Å². The van der Waals surface area contributed by atoms with Crippen molar-refractivity contribution >= 4 is 40.5 Å². The van der Waals surface area contributed by atoms with E-state index in [4.69, 9.17) is 4.74 Å². The lowest BCUT2D eigenvalue weighted by Crippen LogP contribution is -2.05. The van der Waals surface area contributed by atoms with Crippen LogP contribution in [-0.4, -0.2) is 11.9 Å². The highest BCUT2D eigenvalue weighted by Crippen LogP contribution is 2.21. The quantitative estimate of drug-likeness (QED) is 0.443. The maximum absolute atomic E-state index is 13.6. The smallest absolute Gasteiger partial charge is 0.363 e. The lowest BCUT2D eigenvalue weighted by molar-refractivity contribution is -0.129. The van der Waals surface area contributed by atoms with Crippen LogP contribution < -0.4 is 0 Å². The summed E-state index contributed by atoms with van der Waals surface area (Å²) in [5.41, 5.74) is 1.11. The van der Waals surface area contributed by atoms with Crippen molar-refractivity contribution in [1.82, 2.24) is 0 Å². The van der Waals surface area contributed by atoms with Crippen LogP contribution in [-0.2, 0) is 9.53 Å². The molecular formula is C16H9FINO2. The van der Waals surface area contributed by atoms with Gasteiger partial charge in [-0.2, -0.15) is 0 Å². The molecule has 0 amide bonds. The fourth-order valence-electron chi connectivity index (χ4n) is 1.89. The van der Waals surface area contributed by atoms with Gasteiger partial charge in [0.05, 0.1) is 0 Å². The van der Waals surface area contributed by atoms with Crippen LogP contribution in [0.15, 0.2) is 59.2 Å². The number of aliphatic imine (C=N–C) groups is 1. The molecule has 3 rings (SSSR count). The Hall–Kier alpha value is -2.02. The van der Waals surface area contributed by atoms with E-state index in [0.29, 0.717) is 11.1 Å². The lowest BCUT2D eigenvalue weighted by atomic mass is 10.2. The number of hydrogen-bond donors (Lipinski definition) is 0. The molecule has 2 aromatic carbocycles. The maximum Gasteiger partial charge on any atom is 0.363 e. The first-order valence-electron chi connectivity index (χ1n) is 6.16. The number of nitrogens with zero attached hydrogens (tertiary/aromatic N) is 1. The molecule has 0 radical (unpaired) electrons. The molecule has 0 spiro atoms. The summed E-state index contributed by atoms with van der Waals surface area (Å²) in [5.74, 6) is -0.746. The van der Waals surface area contributed by atoms with E-state index in [1.54, 1.807) is 24.3 Å². The summed E-state index contributed by atoms with van der Waals surface area (Å²) in [4.78, 5) is 16.0. The van der Waals surface area contributed by atoms with E-state index < -0.39 is 11.8 Å². The van der Waals surface area contributed by atoms with Crippen molar-refractivity contribution in [3.63, 3.8) is 0 Å². The van der Waals surface area contributed by atoms with Crippen molar-refractivity contribution < 1.29 is 13.9 Å². The number of benzene rings is 2. The molecule has 21 heavy (non-hydrogen) atoms. The fraction of sp³-hybridized carbons (Fsp3) is 0. The summed E-state index contributed by atoms with van der Waals surface area (Å²) in [6.07, 6.45) is 1.39. The van der Waals surface area contributed by atoms with E-state index in [1.807, 2.05) is 18.2 Å². The van der Waals surface area contributed by atoms with Gasteiger partial charge in [-0.3, -0.25) is 0 Å². The average Bonchev–Trinajstić information content (AvgIpc) is 2.83. The number of halogens is 2. The third-order valence-corrected chi connectivity index (χ3v) is 3.56. The van der Waals surface area contributed by atoms with E-state index in [1.165, 1.54) is 12.1 Å². The van der Waals surface area contributed by atoms with E-state index in [9.17, 15) is 9.18 Å². The van der Waals surface area contributed by atoms with Gasteiger partial charge in [0.1, 0.15) is 5.82 Å². The Labute approximate surface area is 134 Å². The molecule has 3 nitrogen and oxygen atoms in total. The minimum atomic E-state index is -0.577. The second kappa shape index (κ2) is 5.77. The van der Waals surface area contributed by atoms with E-state index in [-0.39, 0.29) is 11.6 Å². The molecule has 1 heterocycles. The maximum atomic E-state index is 13.6. The van der Waals surface area contributed by atoms with Gasteiger partial charge in [0.2, 0.25) is 5.90 Å². The van der Waals surface area contributed by atoms with Crippen molar-refractivity contribution in [3.8, 4) is 0 Å². The Kier molecular flexibility index (Phi) is 3.83. The Morgan fingerprint density at radius 2 is 1.95 bits per heavy atom. The number of carbonyl (C=O) groups excluding carboxylic acids is 1. The molecule has 0 unspecified atom stereocenters. The second-order valence-corrected chi connectivity index (χ2v) is 5.61. The summed E-state index contributed by atoms with van der Waals surface area (Å²) in [5, 5.41) is 0. The Morgan fingerprint density at radius 3 is 2.71 bits per heavy atom. The van der Waals surface area contributed by atoms with Crippen LogP contribution in [0.1, 0.15) is 11.1 Å². The molecule has 1 aliphatic rings. The van der Waals surface area contributed by atoms with E-state index >= 15 is 0 Å². The first kappa shape index (κ1) is 13.9. The van der Waals surface area contributed by atoms with Gasteiger partial charge in [-0.05, 0) is 52.9 Å². The van der Waals surface area contributed by atoms with Crippen LogP contribution in [0.5, 0.6) is 0 Å². The molecule has 0 aromatic heterocycles. The van der Waals surface area contributed by atoms with E-state index in [0.717, 1.165) is 3.57 Å². The van der Waals surface area contributed by atoms with Crippen LogP contribution in [0, 0.1) is 9.39 Å². The molecule has 0 atom stereocenters. The molecule has 1 aliphatic heterocycles. The lowest BCUT2D eigenvalue weighted by Gasteiger charge is -1.99. The van der Waals surface area contributed by atoms with Gasteiger partial charge in [0, 0.05) is 14.7 Å². The average molecular weight is 393 g/mol. The molecule has 104 valence electrons. The molecule has 0 saturated carbocycles. The molecule has 2 aromatic rings. The van der Waals surface area contributed by atoms with Crippen LogP contribution in [0.4, 0.5) is 4.39 Å². The summed E-state index contributed by atoms with van der Waals surface area (Å²) in [7, 11) is 0. The molecule has 0 N–H and O–H groups in total. The normalized spacial score (nSPS) is 16.0. The molecular weight excluding hydrogens is 384 g/mol. The zero-order valence-corrected chi connectivity index (χ0v) is 12.9. The standard InChI is InChI=1S/C16H9FINO2/c17-13-7-2-1-4-10(13)9-14-16(20)21-15(19-14)11-5-3-6-12(18)8-11/h1-9H. The number of carbonyl (C=O) groups is 1. The highest BCUT2D eigenvalue weighted by Gasteiger charge is 2.24. The first-order chi connectivity index (χ1) is 10.1. The summed E-state index contributed by atoms with van der Waals surface area (Å²) in [6.45, 7) is 0. The molecule has 0 saturated heterocycles. The van der Waals surface area contributed by atoms with Crippen molar-refractivity contribution in [1.29, 1.82) is 0 Å². The zero-order valence-electron chi connectivity index (χ0n) is 10.7. The Balaban J connectivity index is 1.98. The van der Waals surface area contributed by atoms with Gasteiger partial charge in [0.25, 0.3) is 0 Å². The monoisotopic (exact) mass is 393 g/mol. The molecule has 5 heteroatoms. The van der Waals surface area contributed by atoms with Gasteiger partial charge in [-0.15, -0.1) is 0 Å². The van der Waals surface area contributed by atoms with Crippen LogP contribution >= 0.6 is 22.6 Å². The largest absolute Gasteiger partial charge is 0.402 e. The van der Waals surface area contributed by atoms with Crippen molar-refractivity contribution in [2.75, 3.05) is 0 Å². The predicted octanol–water partition coefficient (Wildman–Crippen LogP) is 3.77. The Bertz CT molecular complexity index is 783. The first-order valence-corrected chi connectivity index (χ1v) is 7.24. The minimum Gasteiger partial charge on any atom is -0.402 e. The highest BCUT2D eigenvalue weighted by atomic mass is 127. The SMILES string of the molecule is O=C1OC(c2cccc(I)c2)=NC1=Cc1ccccc1F. The number of hydrogen-bond acceptors (Lipinski definition) is 3. The minimum absolute atomic E-state index is 0.0916. The fourth-order valence-corrected chi connectivity index (χ4v) is 2.44. The predicted molar refractivity (Wildman–Crippen MR) is 86.2 cm³/mol. The number of cyclic esters (lactones) is 1. The van der Waals surface area contributed by atoms with Gasteiger partial charge >= 0.3 is 5.97 Å². The highest BCUT2D eigenvalue weighted by molar-refractivity contribution is 14.1. The summed E-state index contributed by atoms with van der Waals surface area (Å²) < 4.78 is 19.8. The van der Waals surface area contributed by atoms with Crippen molar-refractivity contribution in [3.05, 3.63) is 74.7 Å². The Morgan fingerprint density at radius 1 is 1.14 bits per heavy atom. The number of ether oxygens (including phenoxy) is 1. The second-order valence-electron chi connectivity index (χ2n) is 4.37. The molecule has 0 aliphatic carbocycles. The third-order valence-electron chi connectivity index (χ3n) is 2.89. The van der Waals surface area contributed by atoms with Gasteiger partial charge in [-0.1, -0.05) is 24.3 Å². The van der Waals surface area contributed by atoms with Crippen LogP contribution in [0.3, 0.4) is 0 Å². The molecule has 0 fully saturated rings.